The van der Waals surface area contributed by atoms with Gasteiger partial charge in [-0.25, -0.2) is 4.79 Å². The highest BCUT2D eigenvalue weighted by molar-refractivity contribution is 5.69. The van der Waals surface area contributed by atoms with Gasteiger partial charge >= 0.3 is 6.09 Å². The molecule has 2 aromatic rings. The molecule has 2 aliphatic heterocycles. The van der Waals surface area contributed by atoms with Crippen LogP contribution in [0.5, 0.6) is 0 Å². The lowest BCUT2D eigenvalue weighted by Crippen LogP contribution is -2.52. The number of ether oxygens (including phenoxy) is 1. The number of piperidine rings is 1. The van der Waals surface area contributed by atoms with Crippen LogP contribution >= 0.6 is 0 Å². The van der Waals surface area contributed by atoms with E-state index in [1.165, 1.54) is 0 Å². The molecule has 2 aliphatic rings. The summed E-state index contributed by atoms with van der Waals surface area (Å²) in [4.78, 5) is 18.7. The van der Waals surface area contributed by atoms with E-state index in [1.807, 2.05) is 30.3 Å². The largest absolute Gasteiger partial charge is 0.445 e. The Labute approximate surface area is 158 Å². The first-order valence-electron chi connectivity index (χ1n) is 9.18. The fourth-order valence-electron chi connectivity index (χ4n) is 4.38. The smallest absolute Gasteiger partial charge is 0.410 e. The van der Waals surface area contributed by atoms with Crippen LogP contribution in [0.15, 0.2) is 48.7 Å². The highest BCUT2D eigenvalue weighted by Crippen LogP contribution is 2.46. The van der Waals surface area contributed by atoms with Gasteiger partial charge in [0.15, 0.2) is 0 Å². The van der Waals surface area contributed by atoms with Crippen LogP contribution in [0.25, 0.3) is 0 Å². The molecule has 4 rings (SSSR count). The minimum Gasteiger partial charge on any atom is -0.445 e. The van der Waals surface area contributed by atoms with E-state index < -0.39 is 5.60 Å². The van der Waals surface area contributed by atoms with Crippen LogP contribution in [0, 0.1) is 11.3 Å². The summed E-state index contributed by atoms with van der Waals surface area (Å²) >= 11 is 0. The number of amides is 1. The molecule has 1 N–H and O–H groups in total. The van der Waals surface area contributed by atoms with Crippen molar-refractivity contribution in [3.05, 3.63) is 65.5 Å². The lowest BCUT2D eigenvalue weighted by Gasteiger charge is -2.43. The van der Waals surface area contributed by atoms with E-state index in [-0.39, 0.29) is 24.8 Å². The summed E-state index contributed by atoms with van der Waals surface area (Å²) in [6, 6.07) is 14.8. The molecule has 2 atom stereocenters. The Morgan fingerprint density at radius 2 is 1.93 bits per heavy atom. The number of nitriles is 1. The number of hydrogen-bond acceptors (Lipinski definition) is 5. The first-order chi connectivity index (χ1) is 13.1. The molecule has 1 aromatic heterocycles. The lowest BCUT2D eigenvalue weighted by atomic mass is 9.81. The van der Waals surface area contributed by atoms with Crippen LogP contribution in [-0.4, -0.2) is 33.2 Å². The summed E-state index contributed by atoms with van der Waals surface area (Å²) in [5.74, 6) is 0. The van der Waals surface area contributed by atoms with Crippen molar-refractivity contribution in [2.24, 2.45) is 0 Å². The highest BCUT2D eigenvalue weighted by Gasteiger charge is 2.51. The number of aliphatic hydroxyl groups is 1. The zero-order valence-electron chi connectivity index (χ0n) is 14.9. The van der Waals surface area contributed by atoms with Gasteiger partial charge in [0.1, 0.15) is 18.3 Å². The number of hydrogen-bond donors (Lipinski definition) is 1. The second kappa shape index (κ2) is 7.01. The molecule has 1 aromatic carbocycles. The number of benzene rings is 1. The molecule has 6 heteroatoms. The van der Waals surface area contributed by atoms with Crippen molar-refractivity contribution in [2.45, 2.75) is 50.0 Å². The van der Waals surface area contributed by atoms with Crippen molar-refractivity contribution in [3.8, 4) is 6.07 Å². The molecule has 6 nitrogen and oxygen atoms in total. The van der Waals surface area contributed by atoms with Crippen molar-refractivity contribution in [3.63, 3.8) is 0 Å². The number of aromatic nitrogens is 1. The summed E-state index contributed by atoms with van der Waals surface area (Å²) < 4.78 is 5.50. The SMILES string of the molecule is N#Cc1cccnc1C1(O)CC2CCC(C1)N2C(=O)OCc1ccccc1. The van der Waals surface area contributed by atoms with Gasteiger partial charge in [-0.1, -0.05) is 30.3 Å². The van der Waals surface area contributed by atoms with Crippen LogP contribution in [-0.2, 0) is 16.9 Å². The predicted molar refractivity (Wildman–Crippen MR) is 97.4 cm³/mol. The van der Waals surface area contributed by atoms with E-state index in [0.717, 1.165) is 18.4 Å². The van der Waals surface area contributed by atoms with E-state index in [9.17, 15) is 15.2 Å². The zero-order chi connectivity index (χ0) is 18.9. The summed E-state index contributed by atoms with van der Waals surface area (Å²) in [7, 11) is 0. The summed E-state index contributed by atoms with van der Waals surface area (Å²) in [6.07, 6.45) is 3.64. The third-order valence-electron chi connectivity index (χ3n) is 5.55. The maximum absolute atomic E-state index is 12.7. The van der Waals surface area contributed by atoms with Gasteiger partial charge in [-0.15, -0.1) is 0 Å². The lowest BCUT2D eigenvalue weighted by molar-refractivity contribution is -0.0566. The molecule has 3 heterocycles. The second-order valence-corrected chi connectivity index (χ2v) is 7.28. The second-order valence-electron chi connectivity index (χ2n) is 7.28. The summed E-state index contributed by atoms with van der Waals surface area (Å²) in [5.41, 5.74) is 0.564. The van der Waals surface area contributed by atoms with Gasteiger partial charge in [-0.05, 0) is 30.5 Å². The van der Waals surface area contributed by atoms with E-state index in [0.29, 0.717) is 24.1 Å². The van der Waals surface area contributed by atoms with Gasteiger partial charge in [-0.3, -0.25) is 4.98 Å². The molecule has 0 spiro atoms. The topological polar surface area (TPSA) is 86.5 Å². The molecular weight excluding hydrogens is 342 g/mol. The molecule has 138 valence electrons. The van der Waals surface area contributed by atoms with Crippen LogP contribution in [0.2, 0.25) is 0 Å². The number of pyridine rings is 1. The molecule has 2 unspecified atom stereocenters. The normalized spacial score (nSPS) is 26.4. The van der Waals surface area contributed by atoms with E-state index in [4.69, 9.17) is 4.74 Å². The molecule has 0 radical (unpaired) electrons. The first kappa shape index (κ1) is 17.5. The van der Waals surface area contributed by atoms with Crippen molar-refractivity contribution in [1.29, 1.82) is 5.26 Å². The number of rotatable bonds is 3. The fourth-order valence-corrected chi connectivity index (χ4v) is 4.38. The number of carbonyl (C=O) groups excluding carboxylic acids is 1. The fraction of sp³-hybridized carbons (Fsp3) is 0.381. The minimum absolute atomic E-state index is 0.106. The molecule has 0 aliphatic carbocycles. The Balaban J connectivity index is 1.49. The standard InChI is InChI=1S/C21H21N3O3/c22-13-16-7-4-10-23-19(16)21(26)11-17-8-9-18(12-21)24(17)20(25)27-14-15-5-2-1-3-6-15/h1-7,10,17-18,26H,8-9,11-12,14H2. The summed E-state index contributed by atoms with van der Waals surface area (Å²) in [6.45, 7) is 0.235. The maximum atomic E-state index is 12.7. The maximum Gasteiger partial charge on any atom is 0.410 e. The Bertz CT molecular complexity index is 864. The van der Waals surface area contributed by atoms with Crippen LogP contribution in [0.4, 0.5) is 4.79 Å². The van der Waals surface area contributed by atoms with Gasteiger partial charge in [-0.2, -0.15) is 5.26 Å². The van der Waals surface area contributed by atoms with E-state index in [2.05, 4.69) is 11.1 Å². The summed E-state index contributed by atoms with van der Waals surface area (Å²) in [5, 5.41) is 20.6. The minimum atomic E-state index is -1.19. The van der Waals surface area contributed by atoms with E-state index in [1.54, 1.807) is 23.2 Å². The van der Waals surface area contributed by atoms with Crippen LogP contribution < -0.4 is 0 Å². The Morgan fingerprint density at radius 1 is 1.22 bits per heavy atom. The molecule has 2 saturated heterocycles. The average Bonchev–Trinajstić information content (AvgIpc) is 2.99. The van der Waals surface area contributed by atoms with Crippen LogP contribution in [0.3, 0.4) is 0 Å². The molecule has 1 amide bonds. The number of nitrogens with zero attached hydrogens (tertiary/aromatic N) is 3. The Kier molecular flexibility index (Phi) is 4.54. The number of fused-ring (bicyclic) bond motifs is 2. The van der Waals surface area contributed by atoms with Crippen molar-refractivity contribution in [1.82, 2.24) is 9.88 Å². The van der Waals surface area contributed by atoms with Gasteiger partial charge in [0.2, 0.25) is 0 Å². The van der Waals surface area contributed by atoms with Gasteiger partial charge < -0.3 is 14.7 Å². The van der Waals surface area contributed by atoms with E-state index >= 15 is 0 Å². The quantitative estimate of drug-likeness (QED) is 0.905. The third kappa shape index (κ3) is 3.26. The van der Waals surface area contributed by atoms with Gasteiger partial charge in [0, 0.05) is 31.1 Å². The number of carbonyl (C=O) groups is 1. The van der Waals surface area contributed by atoms with Crippen molar-refractivity contribution < 1.29 is 14.6 Å². The zero-order valence-corrected chi connectivity index (χ0v) is 14.9. The highest BCUT2D eigenvalue weighted by atomic mass is 16.6. The molecule has 2 bridgehead atoms. The molecular formula is C21H21N3O3. The first-order valence-corrected chi connectivity index (χ1v) is 9.18. The third-order valence-corrected chi connectivity index (χ3v) is 5.55. The molecule has 0 saturated carbocycles. The van der Waals surface area contributed by atoms with Crippen LogP contribution in [0.1, 0.15) is 42.5 Å². The monoisotopic (exact) mass is 363 g/mol. The van der Waals surface area contributed by atoms with Gasteiger partial charge in [0.25, 0.3) is 0 Å². The average molecular weight is 363 g/mol. The Morgan fingerprint density at radius 3 is 2.59 bits per heavy atom. The Hall–Kier alpha value is -2.91. The molecule has 27 heavy (non-hydrogen) atoms. The molecule has 2 fully saturated rings. The predicted octanol–water partition coefficient (Wildman–Crippen LogP) is 3.10. The van der Waals surface area contributed by atoms with Crippen molar-refractivity contribution in [2.75, 3.05) is 0 Å². The van der Waals surface area contributed by atoms with Crippen molar-refractivity contribution >= 4 is 6.09 Å². The van der Waals surface area contributed by atoms with Gasteiger partial charge in [0.05, 0.1) is 11.3 Å².